The third-order valence-corrected chi connectivity index (χ3v) is 3.68. The number of hydrogen-bond acceptors (Lipinski definition) is 3. The fraction of sp³-hybridized carbons (Fsp3) is 0.562. The first-order chi connectivity index (χ1) is 9.20. The molecule has 1 N–H and O–H groups in total. The minimum atomic E-state index is -0.571. The molecule has 1 atom stereocenters. The van der Waals surface area contributed by atoms with Crippen LogP contribution in [0.15, 0.2) is 30.3 Å². The van der Waals surface area contributed by atoms with Gasteiger partial charge in [-0.15, -0.1) is 0 Å². The van der Waals surface area contributed by atoms with Gasteiger partial charge in [0.05, 0.1) is 6.61 Å². The van der Waals surface area contributed by atoms with E-state index in [9.17, 15) is 4.79 Å². The van der Waals surface area contributed by atoms with E-state index < -0.39 is 5.54 Å². The summed E-state index contributed by atoms with van der Waals surface area (Å²) in [6.45, 7) is 4.34. The monoisotopic (exact) mass is 261 g/mol. The molecule has 0 bridgehead atoms. The molecule has 0 aromatic heterocycles. The Morgan fingerprint density at radius 3 is 2.53 bits per heavy atom. The van der Waals surface area contributed by atoms with Gasteiger partial charge in [-0.25, -0.2) is 0 Å². The Labute approximate surface area is 115 Å². The Balaban J connectivity index is 2.18. The van der Waals surface area contributed by atoms with Crippen LogP contribution in [0.2, 0.25) is 0 Å². The summed E-state index contributed by atoms with van der Waals surface area (Å²) in [6, 6.07) is 10.6. The van der Waals surface area contributed by atoms with Gasteiger partial charge in [-0.05, 0) is 31.7 Å². The van der Waals surface area contributed by atoms with Gasteiger partial charge in [0.15, 0.2) is 0 Å². The maximum Gasteiger partial charge on any atom is 0.326 e. The largest absolute Gasteiger partial charge is 0.465 e. The zero-order valence-electron chi connectivity index (χ0n) is 11.8. The molecule has 0 aliphatic heterocycles. The molecule has 1 saturated carbocycles. The summed E-state index contributed by atoms with van der Waals surface area (Å²) in [6.07, 6.45) is 3.77. The highest BCUT2D eigenvalue weighted by molar-refractivity contribution is 5.81. The number of hydrogen-bond donors (Lipinski definition) is 1. The van der Waals surface area contributed by atoms with Crippen LogP contribution in [-0.2, 0) is 16.0 Å². The molecular weight excluding hydrogens is 238 g/mol. The maximum atomic E-state index is 12.4. The lowest BCUT2D eigenvalue weighted by atomic mass is 9.88. The lowest BCUT2D eigenvalue weighted by Crippen LogP contribution is -2.55. The van der Waals surface area contributed by atoms with Gasteiger partial charge in [0.25, 0.3) is 0 Å². The summed E-state index contributed by atoms with van der Waals surface area (Å²) in [5, 5.41) is 3.51. The summed E-state index contributed by atoms with van der Waals surface area (Å²) in [5.41, 5.74) is 0.601. The summed E-state index contributed by atoms with van der Waals surface area (Å²) in [5.74, 6) is -0.117. The molecule has 3 heteroatoms. The van der Waals surface area contributed by atoms with Gasteiger partial charge in [-0.1, -0.05) is 37.3 Å². The van der Waals surface area contributed by atoms with Crippen molar-refractivity contribution in [3.05, 3.63) is 35.9 Å². The van der Waals surface area contributed by atoms with Crippen LogP contribution in [0.1, 0.15) is 38.7 Å². The van der Waals surface area contributed by atoms with E-state index in [1.54, 1.807) is 0 Å². The summed E-state index contributed by atoms with van der Waals surface area (Å²) < 4.78 is 5.30. The quantitative estimate of drug-likeness (QED) is 0.767. The normalized spacial score (nSPS) is 17.8. The Kier molecular flexibility index (Phi) is 4.59. The van der Waals surface area contributed by atoms with Crippen molar-refractivity contribution in [2.45, 2.75) is 51.1 Å². The topological polar surface area (TPSA) is 38.3 Å². The van der Waals surface area contributed by atoms with Crippen LogP contribution in [0, 0.1) is 0 Å². The molecular formula is C16H23NO2. The highest BCUT2D eigenvalue weighted by Crippen LogP contribution is 2.27. The van der Waals surface area contributed by atoms with Crippen LogP contribution in [0.3, 0.4) is 0 Å². The Morgan fingerprint density at radius 1 is 1.32 bits per heavy atom. The third kappa shape index (κ3) is 3.57. The van der Waals surface area contributed by atoms with Crippen molar-refractivity contribution in [2.24, 2.45) is 0 Å². The molecule has 0 radical (unpaired) electrons. The molecule has 2 rings (SSSR count). The summed E-state index contributed by atoms with van der Waals surface area (Å²) in [4.78, 5) is 12.4. The van der Waals surface area contributed by atoms with E-state index in [1.165, 1.54) is 5.56 Å². The highest BCUT2D eigenvalue weighted by Gasteiger charge is 2.42. The molecule has 1 aromatic rings. The summed E-state index contributed by atoms with van der Waals surface area (Å²) in [7, 11) is 0. The van der Waals surface area contributed by atoms with Crippen molar-refractivity contribution in [2.75, 3.05) is 6.61 Å². The molecule has 1 aromatic carbocycles. The van der Waals surface area contributed by atoms with Gasteiger partial charge in [0.2, 0.25) is 0 Å². The van der Waals surface area contributed by atoms with Crippen LogP contribution >= 0.6 is 0 Å². The Morgan fingerprint density at radius 2 is 2.00 bits per heavy atom. The van der Waals surface area contributed by atoms with Crippen molar-refractivity contribution in [3.63, 3.8) is 0 Å². The Hall–Kier alpha value is -1.35. The van der Waals surface area contributed by atoms with Gasteiger partial charge in [0.1, 0.15) is 5.54 Å². The first kappa shape index (κ1) is 14.1. The predicted molar refractivity (Wildman–Crippen MR) is 76.0 cm³/mol. The zero-order chi connectivity index (χ0) is 13.7. The fourth-order valence-electron chi connectivity index (χ4n) is 2.39. The molecule has 1 fully saturated rings. The molecule has 1 aliphatic rings. The van der Waals surface area contributed by atoms with Crippen LogP contribution in [0.4, 0.5) is 0 Å². The molecule has 1 aliphatic carbocycles. The number of esters is 1. The second-order valence-electron chi connectivity index (χ2n) is 5.24. The van der Waals surface area contributed by atoms with Crippen LogP contribution in [-0.4, -0.2) is 24.2 Å². The van der Waals surface area contributed by atoms with Gasteiger partial charge in [-0.3, -0.25) is 10.1 Å². The molecule has 0 heterocycles. The highest BCUT2D eigenvalue weighted by atomic mass is 16.5. The van der Waals surface area contributed by atoms with Crippen LogP contribution in [0.5, 0.6) is 0 Å². The van der Waals surface area contributed by atoms with E-state index in [1.807, 2.05) is 25.1 Å². The smallest absolute Gasteiger partial charge is 0.326 e. The number of nitrogens with one attached hydrogen (secondary N) is 1. The minimum Gasteiger partial charge on any atom is -0.465 e. The molecule has 19 heavy (non-hydrogen) atoms. The molecule has 1 unspecified atom stereocenters. The Bertz CT molecular complexity index is 414. The lowest BCUT2D eigenvalue weighted by Gasteiger charge is -2.32. The number of benzene rings is 1. The van der Waals surface area contributed by atoms with Crippen molar-refractivity contribution < 1.29 is 9.53 Å². The molecule has 0 spiro atoms. The van der Waals surface area contributed by atoms with Gasteiger partial charge < -0.3 is 4.74 Å². The van der Waals surface area contributed by atoms with Crippen molar-refractivity contribution >= 4 is 5.97 Å². The van der Waals surface area contributed by atoms with Crippen LogP contribution in [0.25, 0.3) is 0 Å². The molecule has 104 valence electrons. The number of rotatable bonds is 7. The SMILES string of the molecule is CCOC(=O)C(CC)(Cc1ccccc1)NC1CC1. The first-order valence-electron chi connectivity index (χ1n) is 7.19. The van der Waals surface area contributed by atoms with Crippen molar-refractivity contribution in [1.82, 2.24) is 5.32 Å². The standard InChI is InChI=1S/C16H23NO2/c1-3-16(15(18)19-4-2,17-14-10-11-14)12-13-8-6-5-7-9-13/h5-9,14,17H,3-4,10-12H2,1-2H3. The van der Waals surface area contributed by atoms with E-state index in [4.69, 9.17) is 4.74 Å². The van der Waals surface area contributed by atoms with Crippen LogP contribution < -0.4 is 5.32 Å². The van der Waals surface area contributed by atoms with E-state index in [2.05, 4.69) is 24.4 Å². The predicted octanol–water partition coefficient (Wildman–Crippen LogP) is 2.69. The molecule has 0 amide bonds. The first-order valence-corrected chi connectivity index (χ1v) is 7.19. The van der Waals surface area contributed by atoms with Gasteiger partial charge in [0, 0.05) is 12.5 Å². The van der Waals surface area contributed by atoms with Crippen molar-refractivity contribution in [3.8, 4) is 0 Å². The number of ether oxygens (including phenoxy) is 1. The van der Waals surface area contributed by atoms with Crippen molar-refractivity contribution in [1.29, 1.82) is 0 Å². The minimum absolute atomic E-state index is 0.117. The van der Waals surface area contributed by atoms with E-state index in [-0.39, 0.29) is 5.97 Å². The molecule has 0 saturated heterocycles. The second-order valence-corrected chi connectivity index (χ2v) is 5.24. The summed E-state index contributed by atoms with van der Waals surface area (Å²) >= 11 is 0. The number of carbonyl (C=O) groups excluding carboxylic acids is 1. The average molecular weight is 261 g/mol. The molecule has 3 nitrogen and oxygen atoms in total. The average Bonchev–Trinajstić information content (AvgIpc) is 3.23. The zero-order valence-corrected chi connectivity index (χ0v) is 11.8. The van der Waals surface area contributed by atoms with E-state index in [0.717, 1.165) is 19.3 Å². The fourth-order valence-corrected chi connectivity index (χ4v) is 2.39. The van der Waals surface area contributed by atoms with E-state index in [0.29, 0.717) is 19.1 Å². The maximum absolute atomic E-state index is 12.4. The van der Waals surface area contributed by atoms with E-state index >= 15 is 0 Å². The second kappa shape index (κ2) is 6.20. The van der Waals surface area contributed by atoms with Gasteiger partial charge in [-0.2, -0.15) is 0 Å². The van der Waals surface area contributed by atoms with Gasteiger partial charge >= 0.3 is 5.97 Å². The number of carbonyl (C=O) groups is 1. The lowest BCUT2D eigenvalue weighted by molar-refractivity contribution is -0.151. The third-order valence-electron chi connectivity index (χ3n) is 3.68.